The number of nitrogens with zero attached hydrogens (tertiary/aromatic N) is 1. The Morgan fingerprint density at radius 1 is 0.958 bits per heavy atom. The zero-order valence-corrected chi connectivity index (χ0v) is 13.4. The van der Waals surface area contributed by atoms with Crippen molar-refractivity contribution in [2.75, 3.05) is 6.54 Å². The third-order valence-electron chi connectivity index (χ3n) is 4.69. The van der Waals surface area contributed by atoms with E-state index in [2.05, 4.69) is 0 Å². The molecule has 3 nitrogen and oxygen atoms in total. The Labute approximate surface area is 140 Å². The zero-order chi connectivity index (χ0) is 16.7. The van der Waals surface area contributed by atoms with Crippen molar-refractivity contribution in [3.05, 3.63) is 83.4 Å². The monoisotopic (exact) mass is 315 g/mol. The molecule has 1 amide bonds. The van der Waals surface area contributed by atoms with Gasteiger partial charge in [0.1, 0.15) is 0 Å². The summed E-state index contributed by atoms with van der Waals surface area (Å²) < 4.78 is 0. The van der Waals surface area contributed by atoms with E-state index in [0.29, 0.717) is 17.7 Å². The van der Waals surface area contributed by atoms with Crippen molar-refractivity contribution in [2.45, 2.75) is 13.0 Å². The van der Waals surface area contributed by atoms with Gasteiger partial charge in [-0.05, 0) is 23.6 Å². The lowest BCUT2D eigenvalue weighted by Gasteiger charge is -2.21. The maximum absolute atomic E-state index is 13.1. The summed E-state index contributed by atoms with van der Waals surface area (Å²) in [5.74, 6) is 0.0237. The van der Waals surface area contributed by atoms with Gasteiger partial charge in [0.05, 0.1) is 11.6 Å². The van der Waals surface area contributed by atoms with Crippen molar-refractivity contribution in [1.82, 2.24) is 4.90 Å². The average Bonchev–Trinajstić information content (AvgIpc) is 3.16. The molecule has 3 heteroatoms. The van der Waals surface area contributed by atoms with E-state index in [9.17, 15) is 9.59 Å². The largest absolute Gasteiger partial charge is 0.324 e. The molecule has 0 aromatic heterocycles. The summed E-state index contributed by atoms with van der Waals surface area (Å²) in [5.41, 5.74) is 4.25. The van der Waals surface area contributed by atoms with Gasteiger partial charge in [0.25, 0.3) is 5.91 Å². The molecule has 4 rings (SSSR count). The Hall–Kier alpha value is -2.94. The molecular weight excluding hydrogens is 298 g/mol. The van der Waals surface area contributed by atoms with Crippen LogP contribution in [0.4, 0.5) is 0 Å². The highest BCUT2D eigenvalue weighted by Crippen LogP contribution is 2.44. The van der Waals surface area contributed by atoms with E-state index in [0.717, 1.165) is 16.7 Å². The third kappa shape index (κ3) is 2.13. The molecule has 24 heavy (non-hydrogen) atoms. The van der Waals surface area contributed by atoms with Crippen LogP contribution < -0.4 is 0 Å². The molecule has 1 atom stereocenters. The number of Topliss-reactive ketones (excluding diaryl/α,β-unsaturated/α-hetero) is 1. The predicted molar refractivity (Wildman–Crippen MR) is 94.0 cm³/mol. The van der Waals surface area contributed by atoms with E-state index in [4.69, 9.17) is 0 Å². The topological polar surface area (TPSA) is 37.4 Å². The van der Waals surface area contributed by atoms with Crippen LogP contribution in [0.2, 0.25) is 0 Å². The highest BCUT2D eigenvalue weighted by molar-refractivity contribution is 6.32. The molecule has 118 valence electrons. The standard InChI is InChI=1S/C21H17NO2/c1-14(23)17-12-13-22-20(17)18(15-8-4-2-5-9-15)19(21(22)24)16-10-6-3-7-11-16/h2-12,20H,13H2,1H3. The summed E-state index contributed by atoms with van der Waals surface area (Å²) in [4.78, 5) is 26.9. The first-order valence-corrected chi connectivity index (χ1v) is 8.05. The van der Waals surface area contributed by atoms with Crippen LogP contribution in [0.25, 0.3) is 11.1 Å². The van der Waals surface area contributed by atoms with Crippen molar-refractivity contribution in [1.29, 1.82) is 0 Å². The minimum atomic E-state index is -0.271. The van der Waals surface area contributed by atoms with Gasteiger partial charge in [-0.25, -0.2) is 0 Å². The molecule has 0 fully saturated rings. The maximum atomic E-state index is 13.1. The van der Waals surface area contributed by atoms with Crippen LogP contribution in [-0.4, -0.2) is 29.2 Å². The second-order valence-corrected chi connectivity index (χ2v) is 6.10. The van der Waals surface area contributed by atoms with Crippen LogP contribution in [0.15, 0.2) is 72.3 Å². The number of amides is 1. The smallest absolute Gasteiger partial charge is 0.255 e. The van der Waals surface area contributed by atoms with E-state index < -0.39 is 0 Å². The summed E-state index contributed by atoms with van der Waals surface area (Å²) in [6.45, 7) is 2.06. The van der Waals surface area contributed by atoms with E-state index in [1.165, 1.54) is 0 Å². The van der Waals surface area contributed by atoms with Gasteiger partial charge in [0.2, 0.25) is 0 Å². The normalized spacial score (nSPS) is 19.5. The Morgan fingerprint density at radius 2 is 1.54 bits per heavy atom. The lowest BCUT2D eigenvalue weighted by molar-refractivity contribution is -0.123. The fraction of sp³-hybridized carbons (Fsp3) is 0.143. The first kappa shape index (κ1) is 14.6. The van der Waals surface area contributed by atoms with Crippen molar-refractivity contribution >= 4 is 22.8 Å². The fourth-order valence-electron chi connectivity index (χ4n) is 3.63. The Balaban J connectivity index is 1.97. The van der Waals surface area contributed by atoms with E-state index >= 15 is 0 Å². The highest BCUT2D eigenvalue weighted by Gasteiger charge is 2.45. The first-order chi connectivity index (χ1) is 11.7. The summed E-state index contributed by atoms with van der Waals surface area (Å²) in [6, 6.07) is 19.3. The molecule has 0 radical (unpaired) electrons. The predicted octanol–water partition coefficient (Wildman–Crippen LogP) is 3.34. The summed E-state index contributed by atoms with van der Waals surface area (Å²) in [5, 5.41) is 0. The minimum absolute atomic E-state index is 0.00227. The van der Waals surface area contributed by atoms with Gasteiger partial charge in [-0.3, -0.25) is 9.59 Å². The molecule has 0 spiro atoms. The lowest BCUT2D eigenvalue weighted by atomic mass is 9.89. The van der Waals surface area contributed by atoms with Gasteiger partial charge in [0.15, 0.2) is 5.78 Å². The maximum Gasteiger partial charge on any atom is 0.255 e. The lowest BCUT2D eigenvalue weighted by Crippen LogP contribution is -2.33. The highest BCUT2D eigenvalue weighted by atomic mass is 16.2. The van der Waals surface area contributed by atoms with Crippen LogP contribution in [0.5, 0.6) is 0 Å². The van der Waals surface area contributed by atoms with Crippen LogP contribution >= 0.6 is 0 Å². The average molecular weight is 315 g/mol. The van der Waals surface area contributed by atoms with Gasteiger partial charge < -0.3 is 4.90 Å². The van der Waals surface area contributed by atoms with E-state index in [1.807, 2.05) is 66.7 Å². The molecule has 2 aromatic carbocycles. The van der Waals surface area contributed by atoms with E-state index in [1.54, 1.807) is 11.8 Å². The number of carbonyl (C=O) groups is 2. The molecular formula is C21H17NO2. The molecule has 0 bridgehead atoms. The van der Waals surface area contributed by atoms with Crippen LogP contribution in [0, 0.1) is 0 Å². The number of benzene rings is 2. The zero-order valence-electron chi connectivity index (χ0n) is 13.4. The van der Waals surface area contributed by atoms with Crippen molar-refractivity contribution in [3.63, 3.8) is 0 Å². The summed E-state index contributed by atoms with van der Waals surface area (Å²) in [7, 11) is 0. The summed E-state index contributed by atoms with van der Waals surface area (Å²) in [6.07, 6.45) is 1.88. The quantitative estimate of drug-likeness (QED) is 0.871. The minimum Gasteiger partial charge on any atom is -0.324 e. The van der Waals surface area contributed by atoms with Gasteiger partial charge >= 0.3 is 0 Å². The van der Waals surface area contributed by atoms with Crippen molar-refractivity contribution in [3.8, 4) is 0 Å². The number of hydrogen-bond donors (Lipinski definition) is 0. The first-order valence-electron chi connectivity index (χ1n) is 8.05. The molecule has 0 saturated heterocycles. The second-order valence-electron chi connectivity index (χ2n) is 6.10. The molecule has 2 aliphatic heterocycles. The second kappa shape index (κ2) is 5.60. The van der Waals surface area contributed by atoms with Crippen LogP contribution in [-0.2, 0) is 9.59 Å². The number of carbonyl (C=O) groups excluding carboxylic acids is 2. The number of rotatable bonds is 3. The molecule has 2 heterocycles. The Kier molecular flexibility index (Phi) is 3.42. The van der Waals surface area contributed by atoms with Crippen molar-refractivity contribution in [2.24, 2.45) is 0 Å². The van der Waals surface area contributed by atoms with Gasteiger partial charge in [-0.2, -0.15) is 0 Å². The van der Waals surface area contributed by atoms with Gasteiger partial charge in [0, 0.05) is 12.1 Å². The molecule has 0 aliphatic carbocycles. The fourth-order valence-corrected chi connectivity index (χ4v) is 3.63. The van der Waals surface area contributed by atoms with Gasteiger partial charge in [-0.15, -0.1) is 0 Å². The molecule has 0 saturated carbocycles. The molecule has 2 aromatic rings. The van der Waals surface area contributed by atoms with Crippen molar-refractivity contribution < 1.29 is 9.59 Å². The van der Waals surface area contributed by atoms with Gasteiger partial charge in [-0.1, -0.05) is 66.7 Å². The third-order valence-corrected chi connectivity index (χ3v) is 4.69. The Bertz CT molecular complexity index is 879. The number of fused-ring (bicyclic) bond motifs is 1. The molecule has 0 N–H and O–H groups in total. The van der Waals surface area contributed by atoms with Crippen LogP contribution in [0.1, 0.15) is 18.1 Å². The number of hydrogen-bond acceptors (Lipinski definition) is 2. The molecule has 2 aliphatic rings. The Morgan fingerprint density at radius 3 is 2.12 bits per heavy atom. The summed E-state index contributed by atoms with van der Waals surface area (Å²) >= 11 is 0. The van der Waals surface area contributed by atoms with E-state index in [-0.39, 0.29) is 17.7 Å². The molecule has 1 unspecified atom stereocenters. The SMILES string of the molecule is CC(=O)C1=CCN2C(=O)C(c3ccccc3)=C(c3ccccc3)C12. The van der Waals surface area contributed by atoms with Crippen LogP contribution in [0.3, 0.4) is 0 Å². The number of ketones is 1.